The maximum Gasteiger partial charge on any atom is 0.394 e. The SMILES string of the molecule is O=S(n1cccc1)C(F)(F)Br. The molecule has 0 saturated heterocycles. The predicted molar refractivity (Wildman–Crippen MR) is 41.8 cm³/mol. The van der Waals surface area contributed by atoms with E-state index < -0.39 is 15.1 Å². The molecule has 0 bridgehead atoms. The van der Waals surface area contributed by atoms with Gasteiger partial charge in [0.25, 0.3) is 0 Å². The Morgan fingerprint density at radius 1 is 1.36 bits per heavy atom. The molecule has 0 aliphatic rings. The van der Waals surface area contributed by atoms with Crippen LogP contribution in [0, 0.1) is 0 Å². The van der Waals surface area contributed by atoms with E-state index in [1.54, 1.807) is 0 Å². The van der Waals surface area contributed by atoms with Crippen LogP contribution in [0.5, 0.6) is 0 Å². The average Bonchev–Trinajstić information content (AvgIpc) is 2.34. The van der Waals surface area contributed by atoms with Crippen molar-refractivity contribution in [3.63, 3.8) is 0 Å². The summed E-state index contributed by atoms with van der Waals surface area (Å²) >= 11 is 2.01. The summed E-state index contributed by atoms with van der Waals surface area (Å²) in [4.78, 5) is 0. The molecule has 0 aliphatic heterocycles. The van der Waals surface area contributed by atoms with E-state index in [-0.39, 0.29) is 0 Å². The van der Waals surface area contributed by atoms with Crippen LogP contribution < -0.4 is 0 Å². The lowest BCUT2D eigenvalue weighted by atomic mass is 10.7. The Morgan fingerprint density at radius 2 is 1.82 bits per heavy atom. The van der Waals surface area contributed by atoms with E-state index in [1.165, 1.54) is 24.5 Å². The van der Waals surface area contributed by atoms with Crippen LogP contribution in [0.3, 0.4) is 0 Å². The molecule has 0 radical (unpaired) electrons. The van der Waals surface area contributed by atoms with Crippen molar-refractivity contribution in [2.75, 3.05) is 0 Å². The second-order valence-corrected chi connectivity index (χ2v) is 4.69. The van der Waals surface area contributed by atoms with Crippen molar-refractivity contribution in [2.45, 2.75) is 4.16 Å². The molecule has 0 N–H and O–H groups in total. The highest BCUT2D eigenvalue weighted by molar-refractivity contribution is 9.11. The number of hydrogen-bond acceptors (Lipinski definition) is 1. The van der Waals surface area contributed by atoms with E-state index in [1.807, 2.05) is 15.9 Å². The zero-order valence-corrected chi connectivity index (χ0v) is 7.61. The third-order valence-electron chi connectivity index (χ3n) is 0.967. The summed E-state index contributed by atoms with van der Waals surface area (Å²) < 4.78 is 32.9. The number of rotatable bonds is 2. The summed E-state index contributed by atoms with van der Waals surface area (Å²) in [7, 11) is -2.37. The van der Waals surface area contributed by atoms with Gasteiger partial charge in [0.05, 0.1) is 0 Å². The minimum absolute atomic E-state index is 0.925. The number of alkyl halides is 3. The minimum atomic E-state index is -3.37. The highest BCUT2D eigenvalue weighted by Gasteiger charge is 2.34. The minimum Gasteiger partial charge on any atom is -0.269 e. The first-order valence-electron chi connectivity index (χ1n) is 2.64. The Bertz CT molecular complexity index is 256. The van der Waals surface area contributed by atoms with E-state index in [2.05, 4.69) is 0 Å². The van der Waals surface area contributed by atoms with Crippen molar-refractivity contribution in [1.29, 1.82) is 0 Å². The summed E-state index contributed by atoms with van der Waals surface area (Å²) in [6.07, 6.45) is 2.62. The molecule has 2 nitrogen and oxygen atoms in total. The average molecular weight is 244 g/mol. The van der Waals surface area contributed by atoms with Crippen LogP contribution in [-0.4, -0.2) is 12.3 Å². The topological polar surface area (TPSA) is 22.0 Å². The molecular weight excluding hydrogens is 240 g/mol. The standard InChI is InChI=1S/C5H4BrF2NOS/c6-5(7,8)11(10)9-3-1-2-4-9/h1-4H. The molecule has 62 valence electrons. The maximum absolute atomic E-state index is 12.3. The largest absolute Gasteiger partial charge is 0.394 e. The van der Waals surface area contributed by atoms with Gasteiger partial charge in [0, 0.05) is 28.3 Å². The first-order valence-corrected chi connectivity index (χ1v) is 4.54. The fraction of sp³-hybridized carbons (Fsp3) is 0.200. The Balaban J connectivity index is 2.88. The molecule has 1 aromatic heterocycles. The fourth-order valence-corrected chi connectivity index (χ4v) is 1.65. The first kappa shape index (κ1) is 8.86. The molecule has 1 unspecified atom stereocenters. The number of nitrogens with zero attached hydrogens (tertiary/aromatic N) is 1. The second-order valence-electron chi connectivity index (χ2n) is 1.74. The van der Waals surface area contributed by atoms with Gasteiger partial charge in [0.2, 0.25) is 11.0 Å². The van der Waals surface area contributed by atoms with Gasteiger partial charge in [-0.15, -0.1) is 0 Å². The van der Waals surface area contributed by atoms with E-state index in [4.69, 9.17) is 0 Å². The van der Waals surface area contributed by atoms with Crippen LogP contribution in [0.25, 0.3) is 0 Å². The lowest BCUT2D eigenvalue weighted by molar-refractivity contribution is 0.211. The van der Waals surface area contributed by atoms with Crippen LogP contribution in [0.2, 0.25) is 0 Å². The normalized spacial score (nSPS) is 14.8. The van der Waals surface area contributed by atoms with Crippen molar-refractivity contribution in [2.24, 2.45) is 0 Å². The predicted octanol–water partition coefficient (Wildman–Crippen LogP) is 1.95. The fourth-order valence-electron chi connectivity index (χ4n) is 0.549. The van der Waals surface area contributed by atoms with Crippen LogP contribution in [0.15, 0.2) is 24.5 Å². The van der Waals surface area contributed by atoms with Gasteiger partial charge in [0.1, 0.15) is 0 Å². The highest BCUT2D eigenvalue weighted by Crippen LogP contribution is 2.26. The zero-order valence-electron chi connectivity index (χ0n) is 5.21. The first-order chi connectivity index (χ1) is 5.02. The van der Waals surface area contributed by atoms with Gasteiger partial charge in [-0.1, -0.05) is 0 Å². The maximum atomic E-state index is 12.3. The van der Waals surface area contributed by atoms with E-state index in [9.17, 15) is 13.0 Å². The lowest BCUT2D eigenvalue weighted by Gasteiger charge is -2.07. The Kier molecular flexibility index (Phi) is 2.43. The molecule has 1 atom stereocenters. The molecule has 11 heavy (non-hydrogen) atoms. The zero-order chi connectivity index (χ0) is 8.48. The molecule has 0 aliphatic carbocycles. The van der Waals surface area contributed by atoms with Crippen molar-refractivity contribution in [1.82, 2.24) is 3.97 Å². The van der Waals surface area contributed by atoms with Crippen molar-refractivity contribution in [3.8, 4) is 0 Å². The van der Waals surface area contributed by atoms with E-state index in [0.717, 1.165) is 3.97 Å². The van der Waals surface area contributed by atoms with Gasteiger partial charge in [-0.3, -0.25) is 3.97 Å². The molecule has 1 aromatic rings. The number of halogens is 3. The Labute approximate surface area is 72.9 Å². The Hall–Kier alpha value is -0.230. The van der Waals surface area contributed by atoms with Crippen LogP contribution in [-0.2, 0) is 11.0 Å². The van der Waals surface area contributed by atoms with Gasteiger partial charge in [-0.25, -0.2) is 4.21 Å². The second kappa shape index (κ2) is 3.02. The highest BCUT2D eigenvalue weighted by atomic mass is 79.9. The van der Waals surface area contributed by atoms with Crippen LogP contribution >= 0.6 is 15.9 Å². The summed E-state index contributed by atoms with van der Waals surface area (Å²) in [6.45, 7) is 0. The molecular formula is C5H4BrF2NOS. The lowest BCUT2D eigenvalue weighted by Crippen LogP contribution is -2.19. The molecule has 0 amide bonds. The third-order valence-corrected chi connectivity index (χ3v) is 2.82. The van der Waals surface area contributed by atoms with Crippen molar-refractivity contribution < 1.29 is 13.0 Å². The smallest absolute Gasteiger partial charge is 0.269 e. The molecule has 1 rings (SSSR count). The van der Waals surface area contributed by atoms with Crippen LogP contribution in [0.4, 0.5) is 8.78 Å². The molecule has 0 saturated carbocycles. The number of aromatic nitrogens is 1. The van der Waals surface area contributed by atoms with E-state index in [0.29, 0.717) is 0 Å². The van der Waals surface area contributed by atoms with Gasteiger partial charge < -0.3 is 0 Å². The monoisotopic (exact) mass is 243 g/mol. The molecule has 0 aromatic carbocycles. The molecule has 6 heteroatoms. The number of hydrogen-bond donors (Lipinski definition) is 0. The molecule has 0 spiro atoms. The summed E-state index contributed by atoms with van der Waals surface area (Å²) in [5.41, 5.74) is 0. The molecule has 1 heterocycles. The van der Waals surface area contributed by atoms with E-state index >= 15 is 0 Å². The molecule has 0 fully saturated rings. The summed E-state index contributed by atoms with van der Waals surface area (Å²) in [5.74, 6) is 0. The van der Waals surface area contributed by atoms with Gasteiger partial charge in [0.15, 0.2) is 0 Å². The summed E-state index contributed by atoms with van der Waals surface area (Å²) in [5, 5.41) is 0. The van der Waals surface area contributed by atoms with Gasteiger partial charge >= 0.3 is 4.16 Å². The van der Waals surface area contributed by atoms with Gasteiger partial charge in [-0.05, 0) is 12.1 Å². The van der Waals surface area contributed by atoms with Gasteiger partial charge in [-0.2, -0.15) is 8.78 Å². The van der Waals surface area contributed by atoms with Crippen molar-refractivity contribution >= 4 is 26.9 Å². The third kappa shape index (κ3) is 2.10. The van der Waals surface area contributed by atoms with Crippen molar-refractivity contribution in [3.05, 3.63) is 24.5 Å². The Morgan fingerprint density at radius 3 is 2.18 bits per heavy atom. The van der Waals surface area contributed by atoms with Crippen LogP contribution in [0.1, 0.15) is 0 Å². The quantitative estimate of drug-likeness (QED) is 0.728. The summed E-state index contributed by atoms with van der Waals surface area (Å²) in [6, 6.07) is 3.05.